The monoisotopic (exact) mass is 364 g/mol. The molecule has 2 aliphatic rings. The van der Waals surface area contributed by atoms with Gasteiger partial charge in [0.1, 0.15) is 0 Å². The summed E-state index contributed by atoms with van der Waals surface area (Å²) in [6.45, 7) is 4.81. The maximum absolute atomic E-state index is 12.2. The minimum atomic E-state index is -0.0347. The highest BCUT2D eigenvalue weighted by molar-refractivity contribution is 5.93. The summed E-state index contributed by atoms with van der Waals surface area (Å²) >= 11 is 0. The normalized spacial score (nSPS) is 16.6. The summed E-state index contributed by atoms with van der Waals surface area (Å²) in [4.78, 5) is 17.0. The van der Waals surface area contributed by atoms with Crippen LogP contribution in [0.3, 0.4) is 0 Å². The summed E-state index contributed by atoms with van der Waals surface area (Å²) in [6, 6.07) is 16.5. The zero-order chi connectivity index (χ0) is 18.5. The molecule has 142 valence electrons. The maximum atomic E-state index is 12.2. The maximum Gasteiger partial charge on any atom is 0.243 e. The van der Waals surface area contributed by atoms with Crippen LogP contribution in [0.5, 0.6) is 0 Å². The molecule has 2 aliphatic heterocycles. The van der Waals surface area contributed by atoms with Crippen LogP contribution in [0.1, 0.15) is 25.7 Å². The molecule has 0 aliphatic carbocycles. The van der Waals surface area contributed by atoms with Crippen LogP contribution >= 0.6 is 0 Å². The number of hydrogen-bond acceptors (Lipinski definition) is 4. The highest BCUT2D eigenvalue weighted by atomic mass is 16.1. The van der Waals surface area contributed by atoms with Gasteiger partial charge in [-0.2, -0.15) is 0 Å². The molecule has 27 heavy (non-hydrogen) atoms. The first kappa shape index (κ1) is 17.7. The van der Waals surface area contributed by atoms with Gasteiger partial charge in [0.05, 0.1) is 6.54 Å². The molecular formula is C22H28N4O. The van der Waals surface area contributed by atoms with Gasteiger partial charge in [-0.1, -0.05) is 0 Å². The summed E-state index contributed by atoms with van der Waals surface area (Å²) in [5.74, 6) is -0.0347. The molecule has 0 radical (unpaired) electrons. The van der Waals surface area contributed by atoms with Crippen LogP contribution in [-0.2, 0) is 4.79 Å². The fourth-order valence-corrected chi connectivity index (χ4v) is 3.88. The summed E-state index contributed by atoms with van der Waals surface area (Å²) in [5, 5.41) is 6.16. The molecule has 2 fully saturated rings. The zero-order valence-electron chi connectivity index (χ0n) is 15.8. The van der Waals surface area contributed by atoms with Crippen LogP contribution in [0.2, 0.25) is 0 Å². The number of hydrogen-bond donors (Lipinski definition) is 2. The van der Waals surface area contributed by atoms with Gasteiger partial charge in [0.15, 0.2) is 0 Å². The Morgan fingerprint density at radius 1 is 0.704 bits per heavy atom. The van der Waals surface area contributed by atoms with Gasteiger partial charge >= 0.3 is 0 Å². The molecule has 0 aromatic heterocycles. The smallest absolute Gasteiger partial charge is 0.243 e. The van der Waals surface area contributed by atoms with Crippen molar-refractivity contribution in [2.75, 3.05) is 53.2 Å². The Hall–Kier alpha value is -2.69. The molecule has 0 bridgehead atoms. The Labute approximate surface area is 161 Å². The third-order valence-corrected chi connectivity index (χ3v) is 5.41. The predicted octanol–water partition coefficient (Wildman–Crippen LogP) is 3.94. The van der Waals surface area contributed by atoms with Crippen LogP contribution in [0.15, 0.2) is 48.5 Å². The van der Waals surface area contributed by atoms with Gasteiger partial charge in [-0.05, 0) is 74.2 Å². The lowest BCUT2D eigenvalue weighted by molar-refractivity contribution is -0.114. The van der Waals surface area contributed by atoms with E-state index in [0.717, 1.165) is 37.6 Å². The Morgan fingerprint density at radius 2 is 1.15 bits per heavy atom. The molecule has 2 aromatic rings. The number of rotatable bonds is 6. The SMILES string of the molecule is O=C(CNc1ccc(N2CCCC2)cc1)Nc1ccc(N2CCCC2)cc1. The lowest BCUT2D eigenvalue weighted by Crippen LogP contribution is -2.22. The zero-order valence-corrected chi connectivity index (χ0v) is 15.8. The molecule has 2 aromatic carbocycles. The van der Waals surface area contributed by atoms with E-state index in [0.29, 0.717) is 0 Å². The van der Waals surface area contributed by atoms with E-state index in [9.17, 15) is 4.79 Å². The standard InChI is InChI=1S/C22H28N4O/c27-22(24-19-7-11-21(12-8-19)26-15-3-4-16-26)17-23-18-5-9-20(10-6-18)25-13-1-2-14-25/h5-12,23H,1-4,13-17H2,(H,24,27). The van der Waals surface area contributed by atoms with Gasteiger partial charge in [-0.15, -0.1) is 0 Å². The number of anilines is 4. The highest BCUT2D eigenvalue weighted by Crippen LogP contribution is 2.23. The van der Waals surface area contributed by atoms with Crippen LogP contribution in [0.25, 0.3) is 0 Å². The average molecular weight is 364 g/mol. The van der Waals surface area contributed by atoms with E-state index < -0.39 is 0 Å². The van der Waals surface area contributed by atoms with E-state index in [-0.39, 0.29) is 12.5 Å². The van der Waals surface area contributed by atoms with E-state index in [1.54, 1.807) is 0 Å². The van der Waals surface area contributed by atoms with Crippen molar-refractivity contribution in [2.24, 2.45) is 0 Å². The molecule has 5 heteroatoms. The van der Waals surface area contributed by atoms with E-state index in [4.69, 9.17) is 0 Å². The molecule has 0 spiro atoms. The number of amides is 1. The largest absolute Gasteiger partial charge is 0.376 e. The third kappa shape index (κ3) is 4.54. The quantitative estimate of drug-likeness (QED) is 0.815. The van der Waals surface area contributed by atoms with Crippen LogP contribution in [0, 0.1) is 0 Å². The van der Waals surface area contributed by atoms with E-state index in [1.807, 2.05) is 24.3 Å². The van der Waals surface area contributed by atoms with Crippen molar-refractivity contribution in [3.63, 3.8) is 0 Å². The minimum absolute atomic E-state index is 0.0347. The lowest BCUT2D eigenvalue weighted by Gasteiger charge is -2.18. The number of nitrogens with one attached hydrogen (secondary N) is 2. The highest BCUT2D eigenvalue weighted by Gasteiger charge is 2.13. The molecule has 5 nitrogen and oxygen atoms in total. The van der Waals surface area contributed by atoms with Gasteiger partial charge in [0.25, 0.3) is 0 Å². The van der Waals surface area contributed by atoms with E-state index >= 15 is 0 Å². The first-order valence-electron chi connectivity index (χ1n) is 10.0. The topological polar surface area (TPSA) is 47.6 Å². The number of carbonyl (C=O) groups excluding carboxylic acids is 1. The molecular weight excluding hydrogens is 336 g/mol. The van der Waals surface area contributed by atoms with Crippen LogP contribution in [0.4, 0.5) is 22.7 Å². The second-order valence-electron chi connectivity index (χ2n) is 7.38. The van der Waals surface area contributed by atoms with E-state index in [1.165, 1.54) is 37.1 Å². The summed E-state index contributed by atoms with van der Waals surface area (Å²) in [5.41, 5.74) is 4.31. The number of carbonyl (C=O) groups is 1. The number of benzene rings is 2. The van der Waals surface area contributed by atoms with Gasteiger partial charge in [-0.25, -0.2) is 0 Å². The number of nitrogens with zero attached hydrogens (tertiary/aromatic N) is 2. The van der Waals surface area contributed by atoms with Crippen LogP contribution < -0.4 is 20.4 Å². The molecule has 0 atom stereocenters. The summed E-state index contributed by atoms with van der Waals surface area (Å²) in [7, 11) is 0. The molecule has 2 N–H and O–H groups in total. The van der Waals surface area contributed by atoms with Gasteiger partial charge < -0.3 is 20.4 Å². The van der Waals surface area contributed by atoms with Gasteiger partial charge in [0, 0.05) is 48.9 Å². The van der Waals surface area contributed by atoms with Crippen molar-refractivity contribution < 1.29 is 4.79 Å². The van der Waals surface area contributed by atoms with E-state index in [2.05, 4.69) is 44.7 Å². The molecule has 4 rings (SSSR count). The Bertz CT molecular complexity index is 745. The first-order chi connectivity index (χ1) is 13.3. The predicted molar refractivity (Wildman–Crippen MR) is 113 cm³/mol. The minimum Gasteiger partial charge on any atom is -0.376 e. The Balaban J connectivity index is 1.25. The average Bonchev–Trinajstić information content (AvgIpc) is 3.41. The first-order valence-corrected chi connectivity index (χ1v) is 10.0. The molecule has 0 saturated carbocycles. The van der Waals surface area contributed by atoms with Crippen molar-refractivity contribution in [3.8, 4) is 0 Å². The third-order valence-electron chi connectivity index (χ3n) is 5.41. The molecule has 0 unspecified atom stereocenters. The van der Waals surface area contributed by atoms with Crippen molar-refractivity contribution in [3.05, 3.63) is 48.5 Å². The Kier molecular flexibility index (Phi) is 5.47. The van der Waals surface area contributed by atoms with Crippen molar-refractivity contribution in [1.29, 1.82) is 0 Å². The van der Waals surface area contributed by atoms with Crippen LogP contribution in [-0.4, -0.2) is 38.6 Å². The second kappa shape index (κ2) is 8.33. The lowest BCUT2D eigenvalue weighted by atomic mass is 10.2. The van der Waals surface area contributed by atoms with Crippen molar-refractivity contribution >= 4 is 28.7 Å². The Morgan fingerprint density at radius 3 is 1.63 bits per heavy atom. The summed E-state index contributed by atoms with van der Waals surface area (Å²) < 4.78 is 0. The van der Waals surface area contributed by atoms with Crippen molar-refractivity contribution in [2.45, 2.75) is 25.7 Å². The summed E-state index contributed by atoms with van der Waals surface area (Å²) in [6.07, 6.45) is 5.09. The second-order valence-corrected chi connectivity index (χ2v) is 7.38. The fourth-order valence-electron chi connectivity index (χ4n) is 3.88. The molecule has 2 heterocycles. The van der Waals surface area contributed by atoms with Crippen molar-refractivity contribution in [1.82, 2.24) is 0 Å². The molecule has 2 saturated heterocycles. The van der Waals surface area contributed by atoms with Gasteiger partial charge in [0.2, 0.25) is 5.91 Å². The van der Waals surface area contributed by atoms with Gasteiger partial charge in [-0.3, -0.25) is 4.79 Å². The molecule has 1 amide bonds. The fraction of sp³-hybridized carbons (Fsp3) is 0.409.